The van der Waals surface area contributed by atoms with Gasteiger partial charge in [-0.2, -0.15) is 4.98 Å². The number of aryl methyl sites for hydroxylation is 1. The molecule has 1 aliphatic rings. The van der Waals surface area contributed by atoms with E-state index in [1.165, 1.54) is 0 Å². The van der Waals surface area contributed by atoms with Crippen molar-refractivity contribution in [2.75, 3.05) is 18.4 Å². The second-order valence-electron chi connectivity index (χ2n) is 5.21. The van der Waals surface area contributed by atoms with Gasteiger partial charge in [-0.25, -0.2) is 0 Å². The van der Waals surface area contributed by atoms with Crippen LogP contribution in [0.1, 0.15) is 18.7 Å². The fraction of sp³-hybridized carbons (Fsp3) is 0.400. The maximum Gasteiger partial charge on any atom is 0.260 e. The number of para-hydroxylation sites is 1. The summed E-state index contributed by atoms with van der Waals surface area (Å²) >= 11 is 0. The lowest BCUT2D eigenvalue weighted by Gasteiger charge is -2.22. The monoisotopic (exact) mass is 286 g/mol. The summed E-state index contributed by atoms with van der Waals surface area (Å²) in [4.78, 5) is 16.6. The topological polar surface area (TPSA) is 80.0 Å². The van der Waals surface area contributed by atoms with Gasteiger partial charge in [-0.1, -0.05) is 17.3 Å². The first kappa shape index (κ1) is 13.8. The van der Waals surface area contributed by atoms with Gasteiger partial charge in [0.25, 0.3) is 5.89 Å². The number of carbonyl (C=O) groups is 1. The number of hydrogen-bond acceptors (Lipinski definition) is 5. The van der Waals surface area contributed by atoms with Gasteiger partial charge in [0.2, 0.25) is 5.91 Å². The van der Waals surface area contributed by atoms with Crippen molar-refractivity contribution in [2.24, 2.45) is 5.92 Å². The number of nitrogens with one attached hydrogen (secondary N) is 2. The van der Waals surface area contributed by atoms with E-state index in [0.29, 0.717) is 17.4 Å². The highest BCUT2D eigenvalue weighted by molar-refractivity contribution is 5.96. The molecule has 1 amide bonds. The average Bonchev–Trinajstić information content (AvgIpc) is 2.95. The summed E-state index contributed by atoms with van der Waals surface area (Å²) < 4.78 is 5.20. The van der Waals surface area contributed by atoms with Crippen molar-refractivity contribution < 1.29 is 9.32 Å². The number of rotatable bonds is 3. The van der Waals surface area contributed by atoms with E-state index >= 15 is 0 Å². The van der Waals surface area contributed by atoms with Crippen molar-refractivity contribution in [3.8, 4) is 11.5 Å². The molecule has 0 spiro atoms. The van der Waals surface area contributed by atoms with Crippen LogP contribution in [0.4, 0.5) is 5.69 Å². The highest BCUT2D eigenvalue weighted by Crippen LogP contribution is 2.27. The van der Waals surface area contributed by atoms with Crippen LogP contribution in [0.2, 0.25) is 0 Å². The van der Waals surface area contributed by atoms with E-state index in [0.717, 1.165) is 31.5 Å². The van der Waals surface area contributed by atoms with E-state index in [9.17, 15) is 4.79 Å². The number of nitrogens with zero attached hydrogens (tertiary/aromatic N) is 2. The normalized spacial score (nSPS) is 15.9. The molecular formula is C15H18N4O2. The summed E-state index contributed by atoms with van der Waals surface area (Å²) in [7, 11) is 0. The largest absolute Gasteiger partial charge is 0.334 e. The molecule has 1 aromatic heterocycles. The number of carbonyl (C=O) groups excluding carboxylic acids is 1. The number of aromatic nitrogens is 2. The third kappa shape index (κ3) is 3.11. The number of anilines is 1. The molecule has 1 aromatic carbocycles. The van der Waals surface area contributed by atoms with Crippen LogP contribution in [-0.2, 0) is 4.79 Å². The molecule has 1 saturated heterocycles. The molecule has 6 heteroatoms. The maximum atomic E-state index is 12.4. The molecule has 2 heterocycles. The predicted molar refractivity (Wildman–Crippen MR) is 78.7 cm³/mol. The highest BCUT2D eigenvalue weighted by atomic mass is 16.5. The van der Waals surface area contributed by atoms with Crippen LogP contribution in [0.15, 0.2) is 28.8 Å². The minimum absolute atomic E-state index is 0.0557. The van der Waals surface area contributed by atoms with Crippen molar-refractivity contribution in [3.05, 3.63) is 30.1 Å². The maximum absolute atomic E-state index is 12.4. The van der Waals surface area contributed by atoms with E-state index in [-0.39, 0.29) is 11.8 Å². The molecule has 0 atom stereocenters. The molecule has 0 radical (unpaired) electrons. The fourth-order valence-corrected chi connectivity index (χ4v) is 2.50. The molecule has 1 aliphatic heterocycles. The van der Waals surface area contributed by atoms with Gasteiger partial charge >= 0.3 is 0 Å². The van der Waals surface area contributed by atoms with Gasteiger partial charge in [0.1, 0.15) is 0 Å². The summed E-state index contributed by atoms with van der Waals surface area (Å²) in [6.07, 6.45) is 1.74. The summed E-state index contributed by atoms with van der Waals surface area (Å²) in [5, 5.41) is 10.0. The molecule has 110 valence electrons. The van der Waals surface area contributed by atoms with Crippen LogP contribution < -0.4 is 10.6 Å². The Hall–Kier alpha value is -2.21. The zero-order valence-electron chi connectivity index (χ0n) is 11.9. The van der Waals surface area contributed by atoms with Gasteiger partial charge in [0.15, 0.2) is 5.82 Å². The molecule has 1 fully saturated rings. The highest BCUT2D eigenvalue weighted by Gasteiger charge is 2.22. The Labute approximate surface area is 122 Å². The SMILES string of the molecule is Cc1noc(-c2ccccc2NC(=O)C2CCNCC2)n1. The van der Waals surface area contributed by atoms with Crippen molar-refractivity contribution in [1.29, 1.82) is 0 Å². The van der Waals surface area contributed by atoms with Crippen molar-refractivity contribution in [2.45, 2.75) is 19.8 Å². The third-order valence-electron chi connectivity index (χ3n) is 3.65. The van der Waals surface area contributed by atoms with E-state index in [4.69, 9.17) is 4.52 Å². The third-order valence-corrected chi connectivity index (χ3v) is 3.65. The molecule has 6 nitrogen and oxygen atoms in total. The van der Waals surface area contributed by atoms with Crippen LogP contribution in [-0.4, -0.2) is 29.1 Å². The Morgan fingerprint density at radius 1 is 1.33 bits per heavy atom. The lowest BCUT2D eigenvalue weighted by Crippen LogP contribution is -2.34. The van der Waals surface area contributed by atoms with Crippen LogP contribution in [0.25, 0.3) is 11.5 Å². The summed E-state index contributed by atoms with van der Waals surface area (Å²) in [6.45, 7) is 3.55. The Morgan fingerprint density at radius 3 is 2.81 bits per heavy atom. The van der Waals surface area contributed by atoms with Crippen molar-refractivity contribution in [1.82, 2.24) is 15.5 Å². The van der Waals surface area contributed by atoms with Gasteiger partial charge in [-0.05, 0) is 45.0 Å². The molecule has 0 unspecified atom stereocenters. The van der Waals surface area contributed by atoms with E-state index in [1.807, 2.05) is 24.3 Å². The average molecular weight is 286 g/mol. The zero-order chi connectivity index (χ0) is 14.7. The van der Waals surface area contributed by atoms with Crippen LogP contribution in [0, 0.1) is 12.8 Å². The minimum Gasteiger partial charge on any atom is -0.334 e. The lowest BCUT2D eigenvalue weighted by atomic mass is 9.97. The number of piperidine rings is 1. The van der Waals surface area contributed by atoms with Crippen LogP contribution >= 0.6 is 0 Å². The molecular weight excluding hydrogens is 268 g/mol. The molecule has 0 saturated carbocycles. The van der Waals surface area contributed by atoms with Crippen molar-refractivity contribution in [3.63, 3.8) is 0 Å². The number of benzene rings is 1. The Bertz CT molecular complexity index is 632. The predicted octanol–water partition coefficient (Wildman–Crippen LogP) is 1.98. The Morgan fingerprint density at radius 2 is 2.10 bits per heavy atom. The number of amides is 1. The van der Waals surface area contributed by atoms with E-state index in [1.54, 1.807) is 6.92 Å². The first-order valence-electron chi connectivity index (χ1n) is 7.15. The van der Waals surface area contributed by atoms with Gasteiger partial charge in [0.05, 0.1) is 11.3 Å². The van der Waals surface area contributed by atoms with Gasteiger partial charge < -0.3 is 15.2 Å². The van der Waals surface area contributed by atoms with Crippen LogP contribution in [0.3, 0.4) is 0 Å². The van der Waals surface area contributed by atoms with E-state index in [2.05, 4.69) is 20.8 Å². The van der Waals surface area contributed by atoms with Gasteiger partial charge in [0, 0.05) is 5.92 Å². The van der Waals surface area contributed by atoms with Crippen molar-refractivity contribution >= 4 is 11.6 Å². The van der Waals surface area contributed by atoms with Gasteiger partial charge in [-0.3, -0.25) is 4.79 Å². The Kier molecular flexibility index (Phi) is 3.96. The van der Waals surface area contributed by atoms with Crippen LogP contribution in [0.5, 0.6) is 0 Å². The molecule has 2 N–H and O–H groups in total. The quantitative estimate of drug-likeness (QED) is 0.902. The lowest BCUT2D eigenvalue weighted by molar-refractivity contribution is -0.120. The standard InChI is InChI=1S/C15H18N4O2/c1-10-17-15(21-19-10)12-4-2-3-5-13(12)18-14(20)11-6-8-16-9-7-11/h2-5,11,16H,6-9H2,1H3,(H,18,20). The molecule has 0 bridgehead atoms. The summed E-state index contributed by atoms with van der Waals surface area (Å²) in [6, 6.07) is 7.48. The summed E-state index contributed by atoms with van der Waals surface area (Å²) in [5.41, 5.74) is 1.46. The van der Waals surface area contributed by atoms with E-state index < -0.39 is 0 Å². The zero-order valence-corrected chi connectivity index (χ0v) is 11.9. The fourth-order valence-electron chi connectivity index (χ4n) is 2.50. The first-order valence-corrected chi connectivity index (χ1v) is 7.15. The second-order valence-corrected chi connectivity index (χ2v) is 5.21. The number of hydrogen-bond donors (Lipinski definition) is 2. The molecule has 21 heavy (non-hydrogen) atoms. The van der Waals surface area contributed by atoms with Gasteiger partial charge in [-0.15, -0.1) is 0 Å². The molecule has 2 aromatic rings. The summed E-state index contributed by atoms with van der Waals surface area (Å²) in [5.74, 6) is 1.11. The minimum atomic E-state index is 0.0557. The molecule has 3 rings (SSSR count). The second kappa shape index (κ2) is 6.05. The smallest absolute Gasteiger partial charge is 0.260 e. The first-order chi connectivity index (χ1) is 10.2. The molecule has 0 aliphatic carbocycles. The Balaban J connectivity index is 1.80.